The Hall–Kier alpha value is -1.65. The van der Waals surface area contributed by atoms with E-state index in [9.17, 15) is 4.79 Å². The molecular weight excluding hydrogens is 206 g/mol. The van der Waals surface area contributed by atoms with Gasteiger partial charge in [-0.25, -0.2) is 0 Å². The average molecular weight is 223 g/mol. The van der Waals surface area contributed by atoms with Crippen molar-refractivity contribution in [2.45, 2.75) is 39.2 Å². The van der Waals surface area contributed by atoms with Crippen LogP contribution in [0.5, 0.6) is 0 Å². The number of aromatic nitrogens is 2. The Labute approximate surface area is 94.9 Å². The highest BCUT2D eigenvalue weighted by Gasteiger charge is 2.27. The van der Waals surface area contributed by atoms with Crippen LogP contribution in [0.4, 0.5) is 0 Å². The second kappa shape index (κ2) is 4.92. The van der Waals surface area contributed by atoms with Gasteiger partial charge in [-0.15, -0.1) is 0 Å². The van der Waals surface area contributed by atoms with E-state index >= 15 is 0 Å². The number of amides is 1. The van der Waals surface area contributed by atoms with Crippen molar-refractivity contribution < 1.29 is 9.32 Å². The van der Waals surface area contributed by atoms with Crippen LogP contribution in [0.1, 0.15) is 38.9 Å². The van der Waals surface area contributed by atoms with Gasteiger partial charge < -0.3 is 9.84 Å². The van der Waals surface area contributed by atoms with Crippen molar-refractivity contribution in [1.82, 2.24) is 15.5 Å². The van der Waals surface area contributed by atoms with E-state index in [1.165, 1.54) is 6.08 Å². The van der Waals surface area contributed by atoms with Crippen LogP contribution in [0.2, 0.25) is 0 Å². The van der Waals surface area contributed by atoms with E-state index in [0.717, 1.165) is 12.8 Å². The van der Waals surface area contributed by atoms with Crippen molar-refractivity contribution in [2.75, 3.05) is 0 Å². The molecule has 0 aliphatic rings. The fraction of sp³-hybridized carbons (Fsp3) is 0.545. The first-order valence-corrected chi connectivity index (χ1v) is 5.27. The van der Waals surface area contributed by atoms with E-state index in [2.05, 4.69) is 22.0 Å². The molecule has 1 aromatic rings. The highest BCUT2D eigenvalue weighted by atomic mass is 16.5. The van der Waals surface area contributed by atoms with Gasteiger partial charge in [-0.05, 0) is 26.3 Å². The molecule has 1 amide bonds. The largest absolute Gasteiger partial charge is 0.340 e. The number of nitrogens with one attached hydrogen (secondary N) is 1. The van der Waals surface area contributed by atoms with Gasteiger partial charge >= 0.3 is 0 Å². The van der Waals surface area contributed by atoms with Crippen molar-refractivity contribution in [3.8, 4) is 0 Å². The van der Waals surface area contributed by atoms with Gasteiger partial charge in [0.2, 0.25) is 11.8 Å². The second-order valence-electron chi connectivity index (χ2n) is 4.08. The Morgan fingerprint density at radius 2 is 2.31 bits per heavy atom. The van der Waals surface area contributed by atoms with Crippen molar-refractivity contribution in [1.29, 1.82) is 0 Å². The molecule has 1 rings (SSSR count). The minimum absolute atomic E-state index is 0.258. The molecule has 1 aromatic heterocycles. The van der Waals surface area contributed by atoms with Gasteiger partial charge in [0.05, 0.1) is 5.54 Å². The Morgan fingerprint density at radius 3 is 2.88 bits per heavy atom. The number of carbonyl (C=O) groups is 1. The van der Waals surface area contributed by atoms with Crippen LogP contribution in [0.15, 0.2) is 17.2 Å². The maximum absolute atomic E-state index is 11.2. The number of hydrogen-bond acceptors (Lipinski definition) is 4. The molecule has 0 bridgehead atoms. The van der Waals surface area contributed by atoms with Gasteiger partial charge in [-0.3, -0.25) is 4.79 Å². The van der Waals surface area contributed by atoms with E-state index < -0.39 is 5.54 Å². The Bertz CT molecular complexity index is 382. The molecular formula is C11H17N3O2. The normalized spacial score (nSPS) is 11.2. The lowest BCUT2D eigenvalue weighted by Crippen LogP contribution is -2.40. The minimum atomic E-state index is -0.652. The van der Waals surface area contributed by atoms with Gasteiger partial charge in [-0.1, -0.05) is 18.7 Å². The molecule has 0 radical (unpaired) electrons. The van der Waals surface area contributed by atoms with Crippen LogP contribution in [0.25, 0.3) is 0 Å². The van der Waals surface area contributed by atoms with Crippen LogP contribution in [-0.2, 0) is 16.8 Å². The number of aryl methyl sites for hydroxylation is 1. The van der Waals surface area contributed by atoms with E-state index in [-0.39, 0.29) is 5.91 Å². The summed E-state index contributed by atoms with van der Waals surface area (Å²) in [7, 11) is 0. The lowest BCUT2D eigenvalue weighted by molar-refractivity contribution is -0.118. The SMILES string of the molecule is C=CC(=O)NC(C)(C)c1noc(CCC)n1. The monoisotopic (exact) mass is 223 g/mol. The standard InChI is InChI=1S/C11H17N3O2/c1-5-7-9-12-10(14-16-9)11(3,4)13-8(15)6-2/h6H,2,5,7H2,1,3-4H3,(H,13,15). The third kappa shape index (κ3) is 2.92. The molecule has 0 saturated carbocycles. The molecule has 0 unspecified atom stereocenters. The molecule has 0 aliphatic carbocycles. The summed E-state index contributed by atoms with van der Waals surface area (Å²) in [5, 5.41) is 6.59. The third-order valence-corrected chi connectivity index (χ3v) is 2.11. The highest BCUT2D eigenvalue weighted by molar-refractivity contribution is 5.87. The fourth-order valence-corrected chi connectivity index (χ4v) is 1.24. The molecule has 0 spiro atoms. The fourth-order valence-electron chi connectivity index (χ4n) is 1.24. The molecule has 88 valence electrons. The topological polar surface area (TPSA) is 68.0 Å². The van der Waals surface area contributed by atoms with Gasteiger partial charge in [0.25, 0.3) is 0 Å². The van der Waals surface area contributed by atoms with Crippen LogP contribution < -0.4 is 5.32 Å². The van der Waals surface area contributed by atoms with Crippen LogP contribution in [-0.4, -0.2) is 16.0 Å². The van der Waals surface area contributed by atoms with Crippen molar-refractivity contribution in [3.63, 3.8) is 0 Å². The molecule has 0 atom stereocenters. The summed E-state index contributed by atoms with van der Waals surface area (Å²) in [5.74, 6) is 0.816. The summed E-state index contributed by atoms with van der Waals surface area (Å²) in [6.45, 7) is 9.06. The molecule has 1 N–H and O–H groups in total. The van der Waals surface area contributed by atoms with E-state index in [1.807, 2.05) is 20.8 Å². The summed E-state index contributed by atoms with van der Waals surface area (Å²) in [4.78, 5) is 15.5. The summed E-state index contributed by atoms with van der Waals surface area (Å²) in [6.07, 6.45) is 2.91. The van der Waals surface area contributed by atoms with Crippen LogP contribution in [0, 0.1) is 0 Å². The quantitative estimate of drug-likeness (QED) is 0.769. The third-order valence-electron chi connectivity index (χ3n) is 2.11. The first-order valence-electron chi connectivity index (χ1n) is 5.27. The van der Waals surface area contributed by atoms with Crippen molar-refractivity contribution >= 4 is 5.91 Å². The van der Waals surface area contributed by atoms with Crippen molar-refractivity contribution in [2.24, 2.45) is 0 Å². The first kappa shape index (κ1) is 12.4. The van der Waals surface area contributed by atoms with Gasteiger partial charge in [0, 0.05) is 6.42 Å². The molecule has 0 aromatic carbocycles. The molecule has 16 heavy (non-hydrogen) atoms. The summed E-state index contributed by atoms with van der Waals surface area (Å²) < 4.78 is 5.07. The Morgan fingerprint density at radius 1 is 1.62 bits per heavy atom. The zero-order chi connectivity index (χ0) is 12.2. The predicted octanol–water partition coefficient (Wildman–Crippen LogP) is 1.56. The van der Waals surface area contributed by atoms with E-state index in [1.54, 1.807) is 0 Å². The summed E-state index contributed by atoms with van der Waals surface area (Å²) in [6, 6.07) is 0. The molecule has 1 heterocycles. The first-order chi connectivity index (χ1) is 7.49. The van der Waals surface area contributed by atoms with Gasteiger partial charge in [0.1, 0.15) is 0 Å². The zero-order valence-corrected chi connectivity index (χ0v) is 9.91. The number of nitrogens with zero attached hydrogens (tertiary/aromatic N) is 2. The van der Waals surface area contributed by atoms with Crippen molar-refractivity contribution in [3.05, 3.63) is 24.4 Å². The maximum atomic E-state index is 11.2. The lowest BCUT2D eigenvalue weighted by atomic mass is 10.1. The maximum Gasteiger partial charge on any atom is 0.244 e. The highest BCUT2D eigenvalue weighted by Crippen LogP contribution is 2.16. The molecule has 0 fully saturated rings. The van der Waals surface area contributed by atoms with Crippen LogP contribution in [0.3, 0.4) is 0 Å². The number of carbonyl (C=O) groups excluding carboxylic acids is 1. The summed E-state index contributed by atoms with van der Waals surface area (Å²) in [5.41, 5.74) is -0.652. The van der Waals surface area contributed by atoms with Crippen LogP contribution >= 0.6 is 0 Å². The van der Waals surface area contributed by atoms with E-state index in [4.69, 9.17) is 4.52 Å². The lowest BCUT2D eigenvalue weighted by Gasteiger charge is -2.21. The Balaban J connectivity index is 2.80. The van der Waals surface area contributed by atoms with Gasteiger partial charge in [0.15, 0.2) is 5.82 Å². The van der Waals surface area contributed by atoms with Gasteiger partial charge in [-0.2, -0.15) is 4.98 Å². The zero-order valence-electron chi connectivity index (χ0n) is 9.91. The smallest absolute Gasteiger partial charge is 0.244 e. The molecule has 0 saturated heterocycles. The number of hydrogen-bond donors (Lipinski definition) is 1. The minimum Gasteiger partial charge on any atom is -0.340 e. The average Bonchev–Trinajstić information content (AvgIpc) is 2.67. The van der Waals surface area contributed by atoms with E-state index in [0.29, 0.717) is 11.7 Å². The predicted molar refractivity (Wildman–Crippen MR) is 59.7 cm³/mol. The molecule has 5 nitrogen and oxygen atoms in total. The Kier molecular flexibility index (Phi) is 3.82. The second-order valence-corrected chi connectivity index (χ2v) is 4.08. The number of rotatable bonds is 5. The summed E-state index contributed by atoms with van der Waals surface area (Å²) >= 11 is 0. The molecule has 0 aliphatic heterocycles. The molecule has 5 heteroatoms.